The van der Waals surface area contributed by atoms with Gasteiger partial charge in [0.05, 0.1) is 34.6 Å². The third-order valence-corrected chi connectivity index (χ3v) is 7.52. The Balaban J connectivity index is 1.60. The largest absolute Gasteiger partial charge is 0.494 e. The van der Waals surface area contributed by atoms with Gasteiger partial charge in [-0.05, 0) is 63.1 Å². The molecule has 0 unspecified atom stereocenters. The summed E-state index contributed by atoms with van der Waals surface area (Å²) < 4.78 is 19.4. The summed E-state index contributed by atoms with van der Waals surface area (Å²) in [5.74, 6) is 0.888. The van der Waals surface area contributed by atoms with Crippen molar-refractivity contribution in [3.05, 3.63) is 127 Å². The molecule has 3 aromatic carbocycles. The molecule has 1 aliphatic rings. The van der Waals surface area contributed by atoms with E-state index in [1.165, 1.54) is 11.3 Å². The zero-order valence-electron chi connectivity index (χ0n) is 23.5. The third-order valence-electron chi connectivity index (χ3n) is 6.53. The van der Waals surface area contributed by atoms with Gasteiger partial charge in [-0.3, -0.25) is 9.36 Å². The first-order valence-corrected chi connectivity index (χ1v) is 14.4. The molecule has 2 heterocycles. The first-order chi connectivity index (χ1) is 19.9. The van der Waals surface area contributed by atoms with Crippen molar-refractivity contribution in [2.24, 2.45) is 4.99 Å². The van der Waals surface area contributed by atoms with Crippen LogP contribution in [0.5, 0.6) is 11.5 Å². The van der Waals surface area contributed by atoms with Gasteiger partial charge in [0.25, 0.3) is 5.56 Å². The van der Waals surface area contributed by atoms with Crippen molar-refractivity contribution in [2.45, 2.75) is 46.4 Å². The fourth-order valence-corrected chi connectivity index (χ4v) is 5.73. The number of para-hydroxylation sites is 1. The Kier molecular flexibility index (Phi) is 8.50. The zero-order valence-corrected chi connectivity index (χ0v) is 24.3. The predicted octanol–water partition coefficient (Wildman–Crippen LogP) is 5.16. The minimum atomic E-state index is -0.695. The molecule has 0 fully saturated rings. The first kappa shape index (κ1) is 28.1. The molecule has 41 heavy (non-hydrogen) atoms. The van der Waals surface area contributed by atoms with Crippen LogP contribution in [0.25, 0.3) is 6.08 Å². The highest BCUT2D eigenvalue weighted by atomic mass is 32.1. The van der Waals surface area contributed by atoms with Gasteiger partial charge in [-0.15, -0.1) is 0 Å². The van der Waals surface area contributed by atoms with Crippen molar-refractivity contribution in [1.29, 1.82) is 0 Å². The highest BCUT2D eigenvalue weighted by Gasteiger charge is 2.33. The molecule has 5 rings (SSSR count). The van der Waals surface area contributed by atoms with Gasteiger partial charge in [0.2, 0.25) is 0 Å². The van der Waals surface area contributed by atoms with Crippen molar-refractivity contribution in [2.75, 3.05) is 6.61 Å². The molecule has 0 saturated carbocycles. The van der Waals surface area contributed by atoms with Crippen LogP contribution in [-0.4, -0.2) is 23.2 Å². The van der Waals surface area contributed by atoms with Crippen LogP contribution in [0.3, 0.4) is 0 Å². The van der Waals surface area contributed by atoms with E-state index in [1.54, 1.807) is 25.3 Å². The molecule has 1 atom stereocenters. The van der Waals surface area contributed by atoms with Crippen LogP contribution in [0.15, 0.2) is 99.9 Å². The molecule has 1 aromatic heterocycles. The molecule has 0 N–H and O–H groups in total. The molecule has 0 saturated heterocycles. The molecule has 0 amide bonds. The van der Waals surface area contributed by atoms with Gasteiger partial charge in [0, 0.05) is 5.56 Å². The number of allylic oxidation sites excluding steroid dienone is 1. The normalized spacial score (nSPS) is 15.0. The molecule has 0 aliphatic carbocycles. The summed E-state index contributed by atoms with van der Waals surface area (Å²) >= 11 is 1.28. The molecule has 4 aromatic rings. The summed E-state index contributed by atoms with van der Waals surface area (Å²) in [7, 11) is 0. The molecule has 1 aliphatic heterocycles. The molecule has 0 radical (unpaired) electrons. The van der Waals surface area contributed by atoms with Gasteiger partial charge in [-0.25, -0.2) is 9.79 Å². The van der Waals surface area contributed by atoms with Gasteiger partial charge in [0.15, 0.2) is 4.80 Å². The van der Waals surface area contributed by atoms with Crippen molar-refractivity contribution in [1.82, 2.24) is 4.57 Å². The number of nitrogens with zero attached hydrogens (tertiary/aromatic N) is 2. The van der Waals surface area contributed by atoms with Gasteiger partial charge in [0.1, 0.15) is 18.1 Å². The maximum Gasteiger partial charge on any atom is 0.338 e. The highest BCUT2D eigenvalue weighted by molar-refractivity contribution is 7.07. The second-order valence-corrected chi connectivity index (χ2v) is 10.9. The predicted molar refractivity (Wildman–Crippen MR) is 160 cm³/mol. The van der Waals surface area contributed by atoms with Crippen molar-refractivity contribution < 1.29 is 19.0 Å². The molecular weight excluding hydrogens is 536 g/mol. The standard InChI is InChI=1S/C33H32N2O5S/c1-5-38-26-17-15-24(16-18-26)30-29(32(37)40-21(2)3)22(4)34-33-35(30)31(36)28(41-33)19-25-13-9-10-14-27(25)39-20-23-11-7-6-8-12-23/h6-19,21,30H,5,20H2,1-4H3/b28-19+/t30-/m1/s1. The summed E-state index contributed by atoms with van der Waals surface area (Å²) in [5, 5.41) is 0. The molecule has 7 nitrogen and oxygen atoms in total. The third kappa shape index (κ3) is 6.18. The Morgan fingerprint density at radius 2 is 1.71 bits per heavy atom. The SMILES string of the molecule is CCOc1ccc([C@@H]2C(C(=O)OC(C)C)=C(C)N=c3s/c(=C/c4ccccc4OCc4ccccc4)c(=O)n32)cc1. The molecule has 0 bridgehead atoms. The van der Waals surface area contributed by atoms with E-state index in [0.717, 1.165) is 16.7 Å². The molecule has 210 valence electrons. The average Bonchev–Trinajstić information content (AvgIpc) is 3.26. The van der Waals surface area contributed by atoms with Gasteiger partial charge < -0.3 is 14.2 Å². The summed E-state index contributed by atoms with van der Waals surface area (Å²) in [6.07, 6.45) is 1.51. The lowest BCUT2D eigenvalue weighted by Crippen LogP contribution is -2.40. The minimum absolute atomic E-state index is 0.243. The second kappa shape index (κ2) is 12.4. The smallest absolute Gasteiger partial charge is 0.338 e. The van der Waals surface area contributed by atoms with Crippen LogP contribution in [-0.2, 0) is 16.1 Å². The number of fused-ring (bicyclic) bond motifs is 1. The number of ether oxygens (including phenoxy) is 3. The lowest BCUT2D eigenvalue weighted by atomic mass is 9.96. The lowest BCUT2D eigenvalue weighted by Gasteiger charge is -2.25. The van der Waals surface area contributed by atoms with E-state index in [2.05, 4.69) is 4.99 Å². The number of thiazole rings is 1. The van der Waals surface area contributed by atoms with Crippen LogP contribution in [0.4, 0.5) is 0 Å². The summed E-state index contributed by atoms with van der Waals surface area (Å²) in [5.41, 5.74) is 3.21. The van der Waals surface area contributed by atoms with Crippen LogP contribution in [0.2, 0.25) is 0 Å². The van der Waals surface area contributed by atoms with Gasteiger partial charge >= 0.3 is 5.97 Å². The van der Waals surface area contributed by atoms with Crippen molar-refractivity contribution in [3.63, 3.8) is 0 Å². The van der Waals surface area contributed by atoms with Crippen molar-refractivity contribution >= 4 is 23.4 Å². The number of esters is 1. The topological polar surface area (TPSA) is 79.1 Å². The van der Waals surface area contributed by atoms with Crippen LogP contribution in [0, 0.1) is 0 Å². The number of carbonyl (C=O) groups is 1. The number of hydrogen-bond acceptors (Lipinski definition) is 7. The molecule has 0 spiro atoms. The second-order valence-electron chi connectivity index (χ2n) is 9.85. The van der Waals surface area contributed by atoms with Crippen molar-refractivity contribution in [3.8, 4) is 11.5 Å². The number of hydrogen-bond donors (Lipinski definition) is 0. The van der Waals surface area contributed by atoms with E-state index < -0.39 is 12.0 Å². The summed E-state index contributed by atoms with van der Waals surface area (Å²) in [4.78, 5) is 32.5. The zero-order chi connectivity index (χ0) is 28.9. The Bertz CT molecular complexity index is 1750. The van der Waals surface area contributed by atoms with Crippen LogP contribution >= 0.6 is 11.3 Å². The van der Waals surface area contributed by atoms with Gasteiger partial charge in [-0.1, -0.05) is 72.0 Å². The van der Waals surface area contributed by atoms with E-state index in [0.29, 0.717) is 45.3 Å². The maximum absolute atomic E-state index is 14.0. The number of rotatable bonds is 9. The van der Waals surface area contributed by atoms with Gasteiger partial charge in [-0.2, -0.15) is 0 Å². The Hall–Kier alpha value is -4.43. The highest BCUT2D eigenvalue weighted by Crippen LogP contribution is 2.32. The molecule has 8 heteroatoms. The summed E-state index contributed by atoms with van der Waals surface area (Å²) in [6, 6.07) is 24.3. The minimum Gasteiger partial charge on any atom is -0.494 e. The molecular formula is C33H32N2O5S. The van der Waals surface area contributed by atoms with E-state index >= 15 is 0 Å². The van der Waals surface area contributed by atoms with Crippen LogP contribution < -0.4 is 24.4 Å². The fourth-order valence-electron chi connectivity index (χ4n) is 4.70. The first-order valence-electron chi connectivity index (χ1n) is 13.6. The number of carbonyl (C=O) groups excluding carboxylic acids is 1. The van der Waals surface area contributed by atoms with E-state index in [1.807, 2.05) is 91.9 Å². The van der Waals surface area contributed by atoms with E-state index in [9.17, 15) is 9.59 Å². The Morgan fingerprint density at radius 1 is 1.00 bits per heavy atom. The fraction of sp³-hybridized carbons (Fsp3) is 0.242. The Labute approximate surface area is 242 Å². The number of aromatic nitrogens is 1. The van der Waals surface area contributed by atoms with E-state index in [-0.39, 0.29) is 11.7 Å². The quantitative estimate of drug-likeness (QED) is 0.261. The maximum atomic E-state index is 14.0. The number of benzene rings is 3. The lowest BCUT2D eigenvalue weighted by molar-refractivity contribution is -0.143. The average molecular weight is 569 g/mol. The van der Waals surface area contributed by atoms with E-state index in [4.69, 9.17) is 14.2 Å². The monoisotopic (exact) mass is 568 g/mol. The summed E-state index contributed by atoms with van der Waals surface area (Å²) in [6.45, 7) is 8.24. The van der Waals surface area contributed by atoms with Crippen LogP contribution in [0.1, 0.15) is 50.4 Å². The Morgan fingerprint density at radius 3 is 2.41 bits per heavy atom.